The Morgan fingerprint density at radius 1 is 0.915 bits per heavy atom. The molecule has 3 aliphatic heterocycles. The second-order valence-electron chi connectivity index (χ2n) is 18.0. The lowest BCUT2D eigenvalue weighted by atomic mass is 9.73. The molecule has 18 nitrogen and oxygen atoms in total. The van der Waals surface area contributed by atoms with E-state index in [0.29, 0.717) is 13.0 Å². The first-order valence-electron chi connectivity index (χ1n) is 20.8. The zero-order valence-electron chi connectivity index (χ0n) is 37.6. The molecule has 0 radical (unpaired) electrons. The van der Waals surface area contributed by atoms with E-state index in [1.54, 1.807) is 48.5 Å². The molecule has 59 heavy (non-hydrogen) atoms. The monoisotopic (exact) mass is 853 g/mol. The van der Waals surface area contributed by atoms with Crippen molar-refractivity contribution in [2.45, 2.75) is 179 Å². The molecule has 0 aromatic rings. The van der Waals surface area contributed by atoms with E-state index in [1.165, 1.54) is 28.1 Å². The number of esters is 1. The maximum atomic E-state index is 14.4. The Balaban J connectivity index is 2.25. The van der Waals surface area contributed by atoms with E-state index in [2.05, 4.69) is 5.16 Å². The predicted octanol–water partition coefficient (Wildman–Crippen LogP) is 1.18. The minimum Gasteiger partial charge on any atom is -0.456 e. The van der Waals surface area contributed by atoms with Gasteiger partial charge in [-0.2, -0.15) is 0 Å². The van der Waals surface area contributed by atoms with Crippen LogP contribution in [0.3, 0.4) is 0 Å². The van der Waals surface area contributed by atoms with E-state index in [0.717, 1.165) is 0 Å². The number of carbonyl (C=O) groups excluding carboxylic acids is 1. The van der Waals surface area contributed by atoms with Crippen LogP contribution in [0.2, 0.25) is 0 Å². The van der Waals surface area contributed by atoms with Gasteiger partial charge in [-0.1, -0.05) is 25.9 Å². The Labute approximate surface area is 350 Å². The second kappa shape index (κ2) is 21.6. The summed E-state index contributed by atoms with van der Waals surface area (Å²) in [7, 11) is 6.69. The van der Waals surface area contributed by atoms with Gasteiger partial charge in [0.05, 0.1) is 72.7 Å². The molecule has 346 valence electrons. The van der Waals surface area contributed by atoms with Crippen molar-refractivity contribution in [1.29, 1.82) is 0 Å². The molecule has 0 aliphatic carbocycles. The van der Waals surface area contributed by atoms with E-state index in [1.807, 2.05) is 25.9 Å². The van der Waals surface area contributed by atoms with Crippen LogP contribution in [-0.2, 0) is 47.5 Å². The van der Waals surface area contributed by atoms with Gasteiger partial charge in [0.25, 0.3) is 0 Å². The summed E-state index contributed by atoms with van der Waals surface area (Å²) in [5.74, 6) is -4.69. The highest BCUT2D eigenvalue weighted by Crippen LogP contribution is 2.41. The van der Waals surface area contributed by atoms with Gasteiger partial charge in [0.15, 0.2) is 18.7 Å². The molecule has 1 unspecified atom stereocenters. The lowest BCUT2D eigenvalue weighted by molar-refractivity contribution is -0.318. The number of carbonyl (C=O) groups is 1. The molecule has 19 atom stereocenters. The van der Waals surface area contributed by atoms with Gasteiger partial charge in [0.2, 0.25) is 6.79 Å². The molecule has 0 saturated carbocycles. The fraction of sp³-hybridized carbons (Fsp3) is 0.951. The number of hydrogen-bond acceptors (Lipinski definition) is 18. The fourth-order valence-corrected chi connectivity index (χ4v) is 8.99. The molecule has 3 rings (SSSR count). The molecule has 3 saturated heterocycles. The number of aliphatic hydroxyl groups excluding tert-OH is 4. The Morgan fingerprint density at radius 2 is 1.56 bits per heavy atom. The van der Waals surface area contributed by atoms with Crippen molar-refractivity contribution in [2.24, 2.45) is 28.8 Å². The van der Waals surface area contributed by atoms with E-state index < -0.39 is 108 Å². The summed E-state index contributed by atoms with van der Waals surface area (Å²) in [6, 6.07) is -0.354. The standard InChI is InChI=1S/C41H76N2O16/c1-21-18-39(8,49)35(59-38-31(45)28(43(11)12)17-22(2)55-38)24(4)32(57-29-19-40(9,52-14)34(47)27(7)56-29)25(5)37(48)58-36(26(6)44)41(10,50)33(46)23(3)30(21)42-54-20-53-16-15-51-13/h21-29,31-36,38,44-47,49-50H,15-20H2,1-14H3/b42-30+/t21-,22-,23+,24+,25-,26?,27+,28+,29+,31-,32+,33-,34+,35-,36-,38+,39-,40-,41+/m1/s1. The van der Waals surface area contributed by atoms with Gasteiger partial charge in [-0.05, 0) is 75.4 Å². The van der Waals surface area contributed by atoms with Crippen molar-refractivity contribution in [3.63, 3.8) is 0 Å². The van der Waals surface area contributed by atoms with Crippen LogP contribution in [0, 0.1) is 23.7 Å². The van der Waals surface area contributed by atoms with Crippen molar-refractivity contribution in [2.75, 3.05) is 48.3 Å². The van der Waals surface area contributed by atoms with Gasteiger partial charge in [-0.3, -0.25) is 4.79 Å². The molecule has 6 N–H and O–H groups in total. The number of nitrogens with zero attached hydrogens (tertiary/aromatic N) is 2. The van der Waals surface area contributed by atoms with Crippen LogP contribution in [-0.4, -0.2) is 186 Å². The molecule has 0 spiro atoms. The number of aliphatic hydroxyl groups is 6. The average molecular weight is 853 g/mol. The lowest BCUT2D eigenvalue weighted by Crippen LogP contribution is -2.62. The Bertz CT molecular complexity index is 1340. The highest BCUT2D eigenvalue weighted by Gasteiger charge is 2.54. The summed E-state index contributed by atoms with van der Waals surface area (Å²) in [6.07, 6.45) is -12.2. The summed E-state index contributed by atoms with van der Waals surface area (Å²) < 4.78 is 47.8. The van der Waals surface area contributed by atoms with Crippen LogP contribution in [0.4, 0.5) is 0 Å². The van der Waals surface area contributed by atoms with E-state index in [4.69, 9.17) is 42.7 Å². The third-order valence-electron chi connectivity index (χ3n) is 12.6. The number of oxime groups is 1. The number of ether oxygens (including phenoxy) is 8. The fourth-order valence-electron chi connectivity index (χ4n) is 8.99. The van der Waals surface area contributed by atoms with Crippen LogP contribution in [0.1, 0.15) is 88.5 Å². The Kier molecular flexibility index (Phi) is 19.0. The molecule has 0 aromatic heterocycles. The highest BCUT2D eigenvalue weighted by molar-refractivity contribution is 5.88. The first-order valence-corrected chi connectivity index (χ1v) is 20.8. The number of likely N-dealkylation sites (N-methyl/N-ethyl adjacent to an activating group) is 1. The summed E-state index contributed by atoms with van der Waals surface area (Å²) in [5, 5.41) is 74.5. The highest BCUT2D eigenvalue weighted by atomic mass is 16.7. The maximum absolute atomic E-state index is 14.4. The molecular weight excluding hydrogens is 776 g/mol. The van der Waals surface area contributed by atoms with E-state index >= 15 is 0 Å². The molecule has 3 fully saturated rings. The summed E-state index contributed by atoms with van der Waals surface area (Å²) in [4.78, 5) is 21.8. The molecule has 0 amide bonds. The van der Waals surface area contributed by atoms with Crippen molar-refractivity contribution in [3.05, 3.63) is 0 Å². The lowest BCUT2D eigenvalue weighted by Gasteiger charge is -2.49. The quantitative estimate of drug-likeness (QED) is 0.0661. The van der Waals surface area contributed by atoms with Crippen LogP contribution in [0.15, 0.2) is 5.16 Å². The predicted molar refractivity (Wildman–Crippen MR) is 214 cm³/mol. The largest absolute Gasteiger partial charge is 0.456 e. The number of hydrogen-bond donors (Lipinski definition) is 6. The molecule has 18 heteroatoms. The number of rotatable bonds is 13. The number of cyclic esters (lactones) is 1. The van der Waals surface area contributed by atoms with E-state index in [-0.39, 0.29) is 44.1 Å². The van der Waals surface area contributed by atoms with Gasteiger partial charge in [-0.15, -0.1) is 0 Å². The third kappa shape index (κ3) is 12.5. The molecule has 3 aliphatic rings. The van der Waals surface area contributed by atoms with Gasteiger partial charge in [0, 0.05) is 44.4 Å². The van der Waals surface area contributed by atoms with Crippen molar-refractivity contribution >= 4 is 11.7 Å². The molecule has 3 heterocycles. The zero-order chi connectivity index (χ0) is 44.8. The second-order valence-corrected chi connectivity index (χ2v) is 18.0. The SMILES string of the molecule is COCCOCO/N=C1\[C@H](C)C[C@@](C)(O)[C@H](O[C@@H]2O[C@H](C)C[C@H](N(C)C)[C@H]2O)[C@@H](C)[C@H](O[C@H]2C[C@@](C)(OC)[C@@H](O)[C@H](C)O2)[C@@H](C)C(=O)O[C@H](C(C)O)[C@@](C)(O)[C@H](O)[C@H]1C. The normalized spacial score (nSPS) is 45.8. The van der Waals surface area contributed by atoms with Crippen LogP contribution in [0.25, 0.3) is 0 Å². The number of methoxy groups -OCH3 is 2. The molecular formula is C41H76N2O16. The maximum Gasteiger partial charge on any atom is 0.311 e. The smallest absolute Gasteiger partial charge is 0.311 e. The van der Waals surface area contributed by atoms with Crippen molar-refractivity contribution in [1.82, 2.24) is 4.90 Å². The minimum atomic E-state index is -2.24. The van der Waals surface area contributed by atoms with Gasteiger partial charge in [-0.25, -0.2) is 0 Å². The third-order valence-corrected chi connectivity index (χ3v) is 12.6. The van der Waals surface area contributed by atoms with Crippen LogP contribution < -0.4 is 0 Å². The van der Waals surface area contributed by atoms with Gasteiger partial charge >= 0.3 is 5.97 Å². The van der Waals surface area contributed by atoms with Gasteiger partial charge in [0.1, 0.15) is 17.8 Å². The Morgan fingerprint density at radius 3 is 2.14 bits per heavy atom. The Hall–Kier alpha value is -1.62. The van der Waals surface area contributed by atoms with Crippen molar-refractivity contribution < 1.29 is 78.2 Å². The van der Waals surface area contributed by atoms with Crippen molar-refractivity contribution in [3.8, 4) is 0 Å². The zero-order valence-corrected chi connectivity index (χ0v) is 37.6. The summed E-state index contributed by atoms with van der Waals surface area (Å²) in [5.41, 5.74) is -4.94. The summed E-state index contributed by atoms with van der Waals surface area (Å²) in [6.45, 7) is 16.3. The minimum absolute atomic E-state index is 0.0511. The summed E-state index contributed by atoms with van der Waals surface area (Å²) >= 11 is 0. The topological polar surface area (TPSA) is 237 Å². The van der Waals surface area contributed by atoms with E-state index in [9.17, 15) is 35.4 Å². The van der Waals surface area contributed by atoms with Crippen LogP contribution in [0.5, 0.6) is 0 Å². The van der Waals surface area contributed by atoms with Gasteiger partial charge < -0.3 is 78.3 Å². The molecule has 0 bridgehead atoms. The van der Waals surface area contributed by atoms with Crippen LogP contribution >= 0.6 is 0 Å². The first-order chi connectivity index (χ1) is 27.3. The molecule has 0 aromatic carbocycles. The average Bonchev–Trinajstić information content (AvgIpc) is 3.15. The first kappa shape index (κ1) is 51.7.